The summed E-state index contributed by atoms with van der Waals surface area (Å²) in [5.41, 5.74) is 1.27. The lowest BCUT2D eigenvalue weighted by molar-refractivity contribution is 0.0949. The van der Waals surface area contributed by atoms with E-state index in [1.807, 2.05) is 32.0 Å². The Balaban J connectivity index is 1.96. The third-order valence-corrected chi connectivity index (χ3v) is 2.61. The SMILES string of the molecule is CC(C)c1ncc(C(=O)NCc2ccccn2)cn1. The zero-order chi connectivity index (χ0) is 13.7. The van der Waals surface area contributed by atoms with Gasteiger partial charge in [0.05, 0.1) is 17.8 Å². The Bertz CT molecular complexity index is 537. The first-order chi connectivity index (χ1) is 9.16. The van der Waals surface area contributed by atoms with E-state index in [-0.39, 0.29) is 11.8 Å². The summed E-state index contributed by atoms with van der Waals surface area (Å²) < 4.78 is 0. The molecule has 0 bridgehead atoms. The molecule has 0 aromatic carbocycles. The van der Waals surface area contributed by atoms with Crippen molar-refractivity contribution in [1.29, 1.82) is 0 Å². The fourth-order valence-corrected chi connectivity index (χ4v) is 1.53. The third-order valence-electron chi connectivity index (χ3n) is 2.61. The van der Waals surface area contributed by atoms with E-state index in [1.165, 1.54) is 0 Å². The fourth-order valence-electron chi connectivity index (χ4n) is 1.53. The summed E-state index contributed by atoms with van der Waals surface area (Å²) >= 11 is 0. The van der Waals surface area contributed by atoms with Gasteiger partial charge in [-0.15, -0.1) is 0 Å². The number of nitrogens with one attached hydrogen (secondary N) is 1. The van der Waals surface area contributed by atoms with Gasteiger partial charge in [0.1, 0.15) is 5.82 Å². The third kappa shape index (κ3) is 3.58. The van der Waals surface area contributed by atoms with Gasteiger partial charge in [-0.25, -0.2) is 9.97 Å². The van der Waals surface area contributed by atoms with Crippen LogP contribution in [-0.2, 0) is 6.54 Å². The molecule has 0 aliphatic rings. The minimum absolute atomic E-state index is 0.194. The second-order valence-corrected chi connectivity index (χ2v) is 4.49. The normalized spacial score (nSPS) is 10.5. The van der Waals surface area contributed by atoms with Crippen LogP contribution in [0, 0.1) is 0 Å². The van der Waals surface area contributed by atoms with Gasteiger partial charge in [0.15, 0.2) is 0 Å². The Hall–Kier alpha value is -2.30. The summed E-state index contributed by atoms with van der Waals surface area (Å²) in [5.74, 6) is 0.799. The van der Waals surface area contributed by atoms with Crippen molar-refractivity contribution in [3.8, 4) is 0 Å². The van der Waals surface area contributed by atoms with Crippen LogP contribution in [0.1, 0.15) is 41.6 Å². The maximum Gasteiger partial charge on any atom is 0.254 e. The van der Waals surface area contributed by atoms with Crippen LogP contribution in [0.15, 0.2) is 36.8 Å². The zero-order valence-corrected chi connectivity index (χ0v) is 11.0. The molecule has 0 aliphatic heterocycles. The number of carbonyl (C=O) groups excluding carboxylic acids is 1. The van der Waals surface area contributed by atoms with Crippen LogP contribution in [0.5, 0.6) is 0 Å². The van der Waals surface area contributed by atoms with Gasteiger partial charge in [-0.3, -0.25) is 9.78 Å². The lowest BCUT2D eigenvalue weighted by Crippen LogP contribution is -2.23. The van der Waals surface area contributed by atoms with Crippen molar-refractivity contribution in [3.63, 3.8) is 0 Å². The topological polar surface area (TPSA) is 67.8 Å². The van der Waals surface area contributed by atoms with Crippen molar-refractivity contribution in [1.82, 2.24) is 20.3 Å². The van der Waals surface area contributed by atoms with Gasteiger partial charge in [-0.2, -0.15) is 0 Å². The van der Waals surface area contributed by atoms with Crippen LogP contribution in [0.25, 0.3) is 0 Å². The van der Waals surface area contributed by atoms with E-state index >= 15 is 0 Å². The van der Waals surface area contributed by atoms with Crippen molar-refractivity contribution >= 4 is 5.91 Å². The van der Waals surface area contributed by atoms with Crippen LogP contribution in [0.4, 0.5) is 0 Å². The minimum Gasteiger partial charge on any atom is -0.346 e. The molecule has 2 aromatic heterocycles. The maximum atomic E-state index is 11.9. The Morgan fingerprint density at radius 1 is 1.21 bits per heavy atom. The molecule has 0 unspecified atom stereocenters. The molecule has 0 fully saturated rings. The summed E-state index contributed by atoms with van der Waals surface area (Å²) in [5, 5.41) is 2.78. The summed E-state index contributed by atoms with van der Waals surface area (Å²) in [6.07, 6.45) is 4.80. The van der Waals surface area contributed by atoms with Crippen LogP contribution >= 0.6 is 0 Å². The monoisotopic (exact) mass is 256 g/mol. The van der Waals surface area contributed by atoms with Crippen molar-refractivity contribution in [3.05, 3.63) is 53.9 Å². The highest BCUT2D eigenvalue weighted by Crippen LogP contribution is 2.07. The predicted octanol–water partition coefficient (Wildman–Crippen LogP) is 1.93. The van der Waals surface area contributed by atoms with Gasteiger partial charge in [0.2, 0.25) is 0 Å². The maximum absolute atomic E-state index is 11.9. The molecule has 5 heteroatoms. The second-order valence-electron chi connectivity index (χ2n) is 4.49. The summed E-state index contributed by atoms with van der Waals surface area (Å²) in [6, 6.07) is 5.58. The highest BCUT2D eigenvalue weighted by atomic mass is 16.1. The Kier molecular flexibility index (Phi) is 4.18. The highest BCUT2D eigenvalue weighted by Gasteiger charge is 2.08. The standard InChI is InChI=1S/C14H16N4O/c1-10(2)13-16-7-11(8-17-13)14(19)18-9-12-5-3-4-6-15-12/h3-8,10H,9H2,1-2H3,(H,18,19). The summed E-state index contributed by atoms with van der Waals surface area (Å²) in [6.45, 7) is 4.41. The molecular formula is C14H16N4O. The van der Waals surface area contributed by atoms with E-state index in [2.05, 4.69) is 20.3 Å². The molecule has 1 amide bonds. The van der Waals surface area contributed by atoms with Crippen molar-refractivity contribution in [2.24, 2.45) is 0 Å². The number of hydrogen-bond acceptors (Lipinski definition) is 4. The van der Waals surface area contributed by atoms with Gasteiger partial charge in [-0.05, 0) is 12.1 Å². The van der Waals surface area contributed by atoms with E-state index in [0.717, 1.165) is 11.5 Å². The van der Waals surface area contributed by atoms with Crippen LogP contribution in [0.2, 0.25) is 0 Å². The lowest BCUT2D eigenvalue weighted by atomic mass is 10.2. The number of nitrogens with zero attached hydrogens (tertiary/aromatic N) is 3. The van der Waals surface area contributed by atoms with Gasteiger partial charge >= 0.3 is 0 Å². The number of carbonyl (C=O) groups is 1. The van der Waals surface area contributed by atoms with Gasteiger partial charge in [0.25, 0.3) is 5.91 Å². The average Bonchev–Trinajstić information content (AvgIpc) is 2.46. The molecule has 19 heavy (non-hydrogen) atoms. The molecule has 0 saturated carbocycles. The quantitative estimate of drug-likeness (QED) is 0.907. The first-order valence-electron chi connectivity index (χ1n) is 6.17. The van der Waals surface area contributed by atoms with Crippen LogP contribution in [-0.4, -0.2) is 20.9 Å². The molecule has 0 radical (unpaired) electrons. The highest BCUT2D eigenvalue weighted by molar-refractivity contribution is 5.93. The summed E-state index contributed by atoms with van der Waals surface area (Å²) in [4.78, 5) is 24.3. The van der Waals surface area contributed by atoms with Crippen LogP contribution < -0.4 is 5.32 Å². The van der Waals surface area contributed by atoms with E-state index in [4.69, 9.17) is 0 Å². The number of aromatic nitrogens is 3. The molecule has 2 heterocycles. The molecule has 1 N–H and O–H groups in total. The Morgan fingerprint density at radius 2 is 1.95 bits per heavy atom. The van der Waals surface area contributed by atoms with E-state index in [9.17, 15) is 4.79 Å². The Labute approximate surface area is 112 Å². The zero-order valence-electron chi connectivity index (χ0n) is 11.0. The minimum atomic E-state index is -0.194. The molecular weight excluding hydrogens is 240 g/mol. The number of hydrogen-bond donors (Lipinski definition) is 1. The summed E-state index contributed by atoms with van der Waals surface area (Å²) in [7, 11) is 0. The molecule has 98 valence electrons. The smallest absolute Gasteiger partial charge is 0.254 e. The molecule has 0 atom stereocenters. The lowest BCUT2D eigenvalue weighted by Gasteiger charge is -2.06. The molecule has 0 spiro atoms. The first kappa shape index (κ1) is 13.1. The molecule has 0 saturated heterocycles. The number of rotatable bonds is 4. The van der Waals surface area contributed by atoms with Crippen molar-refractivity contribution < 1.29 is 4.79 Å². The predicted molar refractivity (Wildman–Crippen MR) is 71.5 cm³/mol. The number of pyridine rings is 1. The van der Waals surface area contributed by atoms with Crippen molar-refractivity contribution in [2.45, 2.75) is 26.3 Å². The molecule has 2 aromatic rings. The van der Waals surface area contributed by atoms with Gasteiger partial charge in [-0.1, -0.05) is 19.9 Å². The van der Waals surface area contributed by atoms with Gasteiger partial charge in [0, 0.05) is 24.5 Å². The van der Waals surface area contributed by atoms with Crippen LogP contribution in [0.3, 0.4) is 0 Å². The van der Waals surface area contributed by atoms with Gasteiger partial charge < -0.3 is 5.32 Å². The second kappa shape index (κ2) is 6.04. The molecule has 2 rings (SSSR count). The van der Waals surface area contributed by atoms with E-state index < -0.39 is 0 Å². The molecule has 0 aliphatic carbocycles. The molecule has 5 nitrogen and oxygen atoms in total. The fraction of sp³-hybridized carbons (Fsp3) is 0.286. The van der Waals surface area contributed by atoms with E-state index in [0.29, 0.717) is 12.1 Å². The average molecular weight is 256 g/mol. The van der Waals surface area contributed by atoms with Crippen molar-refractivity contribution in [2.75, 3.05) is 0 Å². The van der Waals surface area contributed by atoms with E-state index in [1.54, 1.807) is 18.6 Å². The number of amides is 1. The largest absolute Gasteiger partial charge is 0.346 e. The first-order valence-corrected chi connectivity index (χ1v) is 6.17. The Morgan fingerprint density at radius 3 is 2.53 bits per heavy atom.